The highest BCUT2D eigenvalue weighted by Crippen LogP contribution is 2.27. The minimum absolute atomic E-state index is 0.0472. The van der Waals surface area contributed by atoms with Crippen LogP contribution in [0.5, 0.6) is 0 Å². The van der Waals surface area contributed by atoms with Crippen molar-refractivity contribution in [3.63, 3.8) is 0 Å². The largest absolute Gasteiger partial charge is 0.337 e. The lowest BCUT2D eigenvalue weighted by Gasteiger charge is -2.20. The SMILES string of the molecule is CC(C)(C)c1c[nH]c(=S)n1-c1ccc(F)c(Br)c1. The van der Waals surface area contributed by atoms with Crippen molar-refractivity contribution in [1.29, 1.82) is 0 Å². The molecule has 0 radical (unpaired) electrons. The molecule has 5 heteroatoms. The number of aromatic amines is 1. The second-order valence-electron chi connectivity index (χ2n) is 5.16. The summed E-state index contributed by atoms with van der Waals surface area (Å²) in [6.07, 6.45) is 1.90. The maximum atomic E-state index is 13.3. The third-order valence-electron chi connectivity index (χ3n) is 2.71. The van der Waals surface area contributed by atoms with E-state index in [0.717, 1.165) is 11.4 Å². The molecule has 2 nitrogen and oxygen atoms in total. The summed E-state index contributed by atoms with van der Waals surface area (Å²) in [5, 5.41) is 0. The molecule has 1 N–H and O–H groups in total. The van der Waals surface area contributed by atoms with Gasteiger partial charge in [0.2, 0.25) is 0 Å². The average Bonchev–Trinajstić information content (AvgIpc) is 2.64. The van der Waals surface area contributed by atoms with Crippen molar-refractivity contribution in [2.24, 2.45) is 0 Å². The van der Waals surface area contributed by atoms with Gasteiger partial charge in [-0.25, -0.2) is 4.39 Å². The summed E-state index contributed by atoms with van der Waals surface area (Å²) in [5.41, 5.74) is 1.86. The lowest BCUT2D eigenvalue weighted by atomic mass is 9.92. The summed E-state index contributed by atoms with van der Waals surface area (Å²) in [6.45, 7) is 6.33. The lowest BCUT2D eigenvalue weighted by Crippen LogP contribution is -2.16. The first-order valence-corrected chi connectivity index (χ1v) is 6.77. The Kier molecular flexibility index (Phi) is 3.47. The Morgan fingerprint density at radius 2 is 2.00 bits per heavy atom. The summed E-state index contributed by atoms with van der Waals surface area (Å²) < 4.78 is 16.3. The Balaban J connectivity index is 2.67. The minimum atomic E-state index is -0.280. The van der Waals surface area contributed by atoms with Gasteiger partial charge in [-0.2, -0.15) is 0 Å². The third-order valence-corrected chi connectivity index (χ3v) is 3.61. The van der Waals surface area contributed by atoms with E-state index in [1.807, 2.05) is 10.8 Å². The fourth-order valence-corrected chi connectivity index (χ4v) is 2.43. The first kappa shape index (κ1) is 13.5. The van der Waals surface area contributed by atoms with Gasteiger partial charge in [-0.3, -0.25) is 4.57 Å². The standard InChI is InChI=1S/C13H14BrFN2S/c1-13(2,3)11-7-16-12(18)17(11)8-4-5-10(15)9(14)6-8/h4-7H,1-3H3,(H,16,18). The van der Waals surface area contributed by atoms with E-state index in [1.165, 1.54) is 6.07 Å². The zero-order chi connectivity index (χ0) is 13.5. The quantitative estimate of drug-likeness (QED) is 0.750. The molecule has 1 aromatic heterocycles. The van der Waals surface area contributed by atoms with E-state index in [-0.39, 0.29) is 11.2 Å². The van der Waals surface area contributed by atoms with E-state index in [1.54, 1.807) is 12.1 Å². The van der Waals surface area contributed by atoms with Crippen LogP contribution in [0.3, 0.4) is 0 Å². The van der Waals surface area contributed by atoms with Gasteiger partial charge in [0.25, 0.3) is 0 Å². The summed E-state index contributed by atoms with van der Waals surface area (Å²) in [7, 11) is 0. The van der Waals surface area contributed by atoms with Crippen LogP contribution in [-0.4, -0.2) is 9.55 Å². The van der Waals surface area contributed by atoms with E-state index in [2.05, 4.69) is 41.7 Å². The molecule has 2 rings (SSSR count). The number of imidazole rings is 1. The van der Waals surface area contributed by atoms with Crippen molar-refractivity contribution in [3.05, 3.63) is 45.2 Å². The van der Waals surface area contributed by atoms with Gasteiger partial charge in [-0.05, 0) is 46.3 Å². The van der Waals surface area contributed by atoms with Crippen LogP contribution in [0.25, 0.3) is 5.69 Å². The van der Waals surface area contributed by atoms with Gasteiger partial charge < -0.3 is 4.98 Å². The Morgan fingerprint density at radius 1 is 1.33 bits per heavy atom. The van der Waals surface area contributed by atoms with Gasteiger partial charge >= 0.3 is 0 Å². The van der Waals surface area contributed by atoms with Gasteiger partial charge in [0.05, 0.1) is 4.47 Å². The summed E-state index contributed by atoms with van der Waals surface area (Å²) in [6, 6.07) is 4.88. The molecule has 1 heterocycles. The molecule has 0 aliphatic carbocycles. The molecule has 0 spiro atoms. The summed E-state index contributed by atoms with van der Waals surface area (Å²) in [5.74, 6) is -0.280. The second kappa shape index (κ2) is 4.63. The molecular formula is C13H14BrFN2S. The molecule has 0 fully saturated rings. The van der Waals surface area contributed by atoms with Crippen LogP contribution in [0, 0.1) is 10.6 Å². The number of benzene rings is 1. The molecule has 0 saturated carbocycles. The first-order chi connectivity index (χ1) is 8.30. The maximum Gasteiger partial charge on any atom is 0.182 e. The normalized spacial score (nSPS) is 11.8. The molecule has 0 atom stereocenters. The van der Waals surface area contributed by atoms with Crippen LogP contribution in [0.4, 0.5) is 4.39 Å². The molecule has 0 unspecified atom stereocenters. The molecule has 0 amide bonds. The fourth-order valence-electron chi connectivity index (χ4n) is 1.80. The van der Waals surface area contributed by atoms with Gasteiger partial charge in [0.1, 0.15) is 5.82 Å². The molecule has 0 saturated heterocycles. The monoisotopic (exact) mass is 328 g/mol. The number of aromatic nitrogens is 2. The van der Waals surface area contributed by atoms with Crippen LogP contribution in [0.15, 0.2) is 28.9 Å². The molecule has 96 valence electrons. The summed E-state index contributed by atoms with van der Waals surface area (Å²) in [4.78, 5) is 3.05. The molecule has 1 aromatic carbocycles. The van der Waals surface area contributed by atoms with Gasteiger partial charge in [-0.15, -0.1) is 0 Å². The van der Waals surface area contributed by atoms with Crippen LogP contribution < -0.4 is 0 Å². The number of nitrogens with zero attached hydrogens (tertiary/aromatic N) is 1. The van der Waals surface area contributed by atoms with Gasteiger partial charge in [0.15, 0.2) is 4.77 Å². The van der Waals surface area contributed by atoms with Gasteiger partial charge in [0, 0.05) is 23.0 Å². The average molecular weight is 329 g/mol. The number of hydrogen-bond donors (Lipinski definition) is 1. The Bertz CT molecular complexity index is 637. The van der Waals surface area contributed by atoms with Crippen molar-refractivity contribution in [2.75, 3.05) is 0 Å². The van der Waals surface area contributed by atoms with Crippen molar-refractivity contribution in [1.82, 2.24) is 9.55 Å². The van der Waals surface area contributed by atoms with E-state index in [0.29, 0.717) is 9.24 Å². The topological polar surface area (TPSA) is 20.7 Å². The highest BCUT2D eigenvalue weighted by atomic mass is 79.9. The van der Waals surface area contributed by atoms with E-state index >= 15 is 0 Å². The van der Waals surface area contributed by atoms with Crippen molar-refractivity contribution < 1.29 is 4.39 Å². The molecular weight excluding hydrogens is 315 g/mol. The zero-order valence-corrected chi connectivity index (χ0v) is 12.8. The van der Waals surface area contributed by atoms with Crippen LogP contribution in [-0.2, 0) is 5.41 Å². The minimum Gasteiger partial charge on any atom is -0.337 e. The Labute approximate surface area is 119 Å². The first-order valence-electron chi connectivity index (χ1n) is 5.57. The van der Waals surface area contributed by atoms with E-state index in [9.17, 15) is 4.39 Å². The number of halogens is 2. The van der Waals surface area contributed by atoms with Crippen molar-refractivity contribution in [2.45, 2.75) is 26.2 Å². The molecule has 0 aliphatic rings. The maximum absolute atomic E-state index is 13.3. The molecule has 18 heavy (non-hydrogen) atoms. The number of hydrogen-bond acceptors (Lipinski definition) is 1. The Morgan fingerprint density at radius 3 is 2.56 bits per heavy atom. The van der Waals surface area contributed by atoms with E-state index in [4.69, 9.17) is 12.2 Å². The van der Waals surface area contributed by atoms with Crippen LogP contribution in [0.1, 0.15) is 26.5 Å². The Hall–Kier alpha value is -0.940. The zero-order valence-electron chi connectivity index (χ0n) is 10.4. The molecule has 0 aliphatic heterocycles. The molecule has 0 bridgehead atoms. The fraction of sp³-hybridized carbons (Fsp3) is 0.308. The lowest BCUT2D eigenvalue weighted by molar-refractivity contribution is 0.555. The highest BCUT2D eigenvalue weighted by molar-refractivity contribution is 9.10. The highest BCUT2D eigenvalue weighted by Gasteiger charge is 2.20. The third kappa shape index (κ3) is 2.42. The van der Waals surface area contributed by atoms with E-state index < -0.39 is 0 Å². The van der Waals surface area contributed by atoms with Crippen molar-refractivity contribution >= 4 is 28.1 Å². The second-order valence-corrected chi connectivity index (χ2v) is 6.40. The number of rotatable bonds is 1. The smallest absolute Gasteiger partial charge is 0.182 e. The predicted molar refractivity (Wildman–Crippen MR) is 77.3 cm³/mol. The predicted octanol–water partition coefficient (Wildman–Crippen LogP) is 4.73. The molecule has 2 aromatic rings. The van der Waals surface area contributed by atoms with Crippen molar-refractivity contribution in [3.8, 4) is 5.69 Å². The number of H-pyrrole nitrogens is 1. The van der Waals surface area contributed by atoms with Gasteiger partial charge in [-0.1, -0.05) is 20.8 Å². The number of nitrogens with one attached hydrogen (secondary N) is 1. The van der Waals surface area contributed by atoms with Crippen LogP contribution in [0.2, 0.25) is 0 Å². The van der Waals surface area contributed by atoms with Crippen LogP contribution >= 0.6 is 28.1 Å². The summed E-state index contributed by atoms with van der Waals surface area (Å²) >= 11 is 8.50.